The standard InChI is InChI=1S/C20H19N5O/c26-19(20(11-12-20)15-6-2-1-3-7-15)21-16-8-4-5-14(13-16)18-22-23-24-25(18)17-9-10-17/h1-8,13,17H,9-12H2,(H,21,26). The molecular formula is C20H19N5O. The highest BCUT2D eigenvalue weighted by Gasteiger charge is 2.51. The van der Waals surface area contributed by atoms with Crippen molar-refractivity contribution in [3.05, 3.63) is 60.2 Å². The van der Waals surface area contributed by atoms with Gasteiger partial charge in [-0.1, -0.05) is 42.5 Å². The van der Waals surface area contributed by atoms with Crippen LogP contribution in [0, 0.1) is 0 Å². The maximum atomic E-state index is 12.9. The molecule has 2 saturated carbocycles. The molecule has 0 radical (unpaired) electrons. The first kappa shape index (κ1) is 15.3. The first-order valence-corrected chi connectivity index (χ1v) is 9.02. The summed E-state index contributed by atoms with van der Waals surface area (Å²) in [6.07, 6.45) is 4.02. The molecule has 1 heterocycles. The summed E-state index contributed by atoms with van der Waals surface area (Å²) in [6.45, 7) is 0. The normalized spacial score (nSPS) is 17.7. The van der Waals surface area contributed by atoms with Gasteiger partial charge in [0.2, 0.25) is 5.91 Å². The molecule has 0 atom stereocenters. The lowest BCUT2D eigenvalue weighted by molar-refractivity contribution is -0.118. The molecule has 2 aromatic carbocycles. The van der Waals surface area contributed by atoms with Gasteiger partial charge >= 0.3 is 0 Å². The van der Waals surface area contributed by atoms with Crippen LogP contribution in [0.1, 0.15) is 37.3 Å². The number of nitrogens with zero attached hydrogens (tertiary/aromatic N) is 4. The Morgan fingerprint density at radius 3 is 2.62 bits per heavy atom. The number of tetrazole rings is 1. The van der Waals surface area contributed by atoms with E-state index < -0.39 is 0 Å². The van der Waals surface area contributed by atoms with E-state index >= 15 is 0 Å². The van der Waals surface area contributed by atoms with E-state index in [1.165, 1.54) is 0 Å². The summed E-state index contributed by atoms with van der Waals surface area (Å²) in [6, 6.07) is 18.2. The third-order valence-electron chi connectivity index (χ3n) is 5.28. The summed E-state index contributed by atoms with van der Waals surface area (Å²) in [4.78, 5) is 12.9. The first-order chi connectivity index (χ1) is 12.8. The van der Waals surface area contributed by atoms with E-state index in [0.717, 1.165) is 48.3 Å². The fourth-order valence-corrected chi connectivity index (χ4v) is 3.46. The van der Waals surface area contributed by atoms with Crippen LogP contribution in [0.3, 0.4) is 0 Å². The molecular weight excluding hydrogens is 326 g/mol. The van der Waals surface area contributed by atoms with E-state index in [-0.39, 0.29) is 11.3 Å². The van der Waals surface area contributed by atoms with Gasteiger partial charge in [0.25, 0.3) is 0 Å². The Morgan fingerprint density at radius 1 is 1.08 bits per heavy atom. The number of benzene rings is 2. The van der Waals surface area contributed by atoms with Crippen LogP contribution in [0.2, 0.25) is 0 Å². The molecule has 26 heavy (non-hydrogen) atoms. The van der Waals surface area contributed by atoms with Crippen molar-refractivity contribution in [2.45, 2.75) is 37.1 Å². The number of anilines is 1. The average molecular weight is 345 g/mol. The van der Waals surface area contributed by atoms with Gasteiger partial charge in [-0.2, -0.15) is 0 Å². The summed E-state index contributed by atoms with van der Waals surface area (Å²) in [5.41, 5.74) is 2.41. The van der Waals surface area contributed by atoms with Crippen molar-refractivity contribution < 1.29 is 4.79 Å². The zero-order valence-corrected chi connectivity index (χ0v) is 14.3. The Hall–Kier alpha value is -3.02. The van der Waals surface area contributed by atoms with Crippen molar-refractivity contribution in [2.24, 2.45) is 0 Å². The predicted octanol–water partition coefficient (Wildman–Crippen LogP) is 3.35. The van der Waals surface area contributed by atoms with Crippen LogP contribution in [0.5, 0.6) is 0 Å². The van der Waals surface area contributed by atoms with E-state index in [2.05, 4.69) is 20.8 Å². The highest BCUT2D eigenvalue weighted by atomic mass is 16.2. The van der Waals surface area contributed by atoms with Crippen LogP contribution in [-0.4, -0.2) is 26.1 Å². The van der Waals surface area contributed by atoms with Crippen LogP contribution in [0.4, 0.5) is 5.69 Å². The van der Waals surface area contributed by atoms with Crippen molar-refractivity contribution in [2.75, 3.05) is 5.32 Å². The second kappa shape index (κ2) is 5.76. The van der Waals surface area contributed by atoms with Gasteiger partial charge in [-0.15, -0.1) is 5.10 Å². The summed E-state index contributed by atoms with van der Waals surface area (Å²) in [5.74, 6) is 0.815. The second-order valence-electron chi connectivity index (χ2n) is 7.16. The Balaban J connectivity index is 1.40. The lowest BCUT2D eigenvalue weighted by atomic mass is 9.95. The number of hydrogen-bond acceptors (Lipinski definition) is 4. The van der Waals surface area contributed by atoms with Gasteiger partial charge in [0.15, 0.2) is 5.82 Å². The smallest absolute Gasteiger partial charge is 0.235 e. The molecule has 130 valence electrons. The largest absolute Gasteiger partial charge is 0.325 e. The van der Waals surface area contributed by atoms with E-state index in [1.54, 1.807) is 0 Å². The molecule has 0 bridgehead atoms. The van der Waals surface area contributed by atoms with Gasteiger partial charge in [-0.3, -0.25) is 4.79 Å². The van der Waals surface area contributed by atoms with Gasteiger partial charge in [0.1, 0.15) is 0 Å². The molecule has 1 N–H and O–H groups in total. The molecule has 0 unspecified atom stereocenters. The van der Waals surface area contributed by atoms with Crippen LogP contribution in [0.25, 0.3) is 11.4 Å². The Kier molecular flexibility index (Phi) is 3.38. The lowest BCUT2D eigenvalue weighted by Gasteiger charge is -2.16. The third-order valence-corrected chi connectivity index (χ3v) is 5.28. The van der Waals surface area contributed by atoms with Gasteiger partial charge in [-0.05, 0) is 53.8 Å². The van der Waals surface area contributed by atoms with Crippen molar-refractivity contribution in [3.63, 3.8) is 0 Å². The number of hydrogen-bond donors (Lipinski definition) is 1. The fourth-order valence-electron chi connectivity index (χ4n) is 3.46. The number of nitrogens with one attached hydrogen (secondary N) is 1. The number of carbonyl (C=O) groups excluding carboxylic acids is 1. The molecule has 6 nitrogen and oxygen atoms in total. The summed E-state index contributed by atoms with van der Waals surface area (Å²) in [7, 11) is 0. The Morgan fingerprint density at radius 2 is 1.88 bits per heavy atom. The number of aromatic nitrogens is 4. The van der Waals surface area contributed by atoms with E-state index in [0.29, 0.717) is 6.04 Å². The van der Waals surface area contributed by atoms with Crippen molar-refractivity contribution in [1.82, 2.24) is 20.2 Å². The average Bonchev–Trinajstić information content (AvgIpc) is 3.61. The predicted molar refractivity (Wildman–Crippen MR) is 97.5 cm³/mol. The van der Waals surface area contributed by atoms with Gasteiger partial charge < -0.3 is 5.32 Å². The topological polar surface area (TPSA) is 72.7 Å². The monoisotopic (exact) mass is 345 g/mol. The maximum absolute atomic E-state index is 12.9. The molecule has 1 aromatic heterocycles. The zero-order valence-electron chi connectivity index (χ0n) is 14.3. The molecule has 1 amide bonds. The minimum Gasteiger partial charge on any atom is -0.325 e. The molecule has 2 aliphatic carbocycles. The highest BCUT2D eigenvalue weighted by molar-refractivity contribution is 6.01. The molecule has 2 fully saturated rings. The molecule has 0 spiro atoms. The van der Waals surface area contributed by atoms with Crippen LogP contribution in [-0.2, 0) is 10.2 Å². The van der Waals surface area contributed by atoms with E-state index in [1.807, 2.05) is 59.3 Å². The molecule has 5 rings (SSSR count). The van der Waals surface area contributed by atoms with Crippen LogP contribution < -0.4 is 5.32 Å². The molecule has 2 aliphatic rings. The maximum Gasteiger partial charge on any atom is 0.235 e. The third kappa shape index (κ3) is 2.58. The van der Waals surface area contributed by atoms with Gasteiger partial charge in [0.05, 0.1) is 11.5 Å². The van der Waals surface area contributed by atoms with Crippen LogP contribution >= 0.6 is 0 Å². The van der Waals surface area contributed by atoms with Crippen LogP contribution in [0.15, 0.2) is 54.6 Å². The van der Waals surface area contributed by atoms with Crippen molar-refractivity contribution in [3.8, 4) is 11.4 Å². The first-order valence-electron chi connectivity index (χ1n) is 9.02. The number of amides is 1. The summed E-state index contributed by atoms with van der Waals surface area (Å²) in [5, 5.41) is 15.2. The molecule has 0 saturated heterocycles. The van der Waals surface area contributed by atoms with Crippen molar-refractivity contribution in [1.29, 1.82) is 0 Å². The lowest BCUT2D eigenvalue weighted by Crippen LogP contribution is -2.27. The number of carbonyl (C=O) groups is 1. The number of rotatable bonds is 5. The van der Waals surface area contributed by atoms with Gasteiger partial charge in [0, 0.05) is 11.3 Å². The molecule has 6 heteroatoms. The van der Waals surface area contributed by atoms with Crippen molar-refractivity contribution >= 4 is 11.6 Å². The second-order valence-corrected chi connectivity index (χ2v) is 7.16. The van der Waals surface area contributed by atoms with E-state index in [4.69, 9.17) is 0 Å². The fraction of sp³-hybridized carbons (Fsp3) is 0.300. The molecule has 3 aromatic rings. The Labute approximate surface area is 151 Å². The summed E-state index contributed by atoms with van der Waals surface area (Å²) < 4.78 is 1.88. The SMILES string of the molecule is O=C(Nc1cccc(-c2nnnn2C2CC2)c1)C1(c2ccccc2)CC1. The highest BCUT2D eigenvalue weighted by Crippen LogP contribution is 2.49. The molecule has 0 aliphatic heterocycles. The van der Waals surface area contributed by atoms with E-state index in [9.17, 15) is 4.79 Å². The quantitative estimate of drug-likeness (QED) is 0.770. The minimum absolute atomic E-state index is 0.0580. The summed E-state index contributed by atoms with van der Waals surface area (Å²) >= 11 is 0. The zero-order chi connectivity index (χ0) is 17.6. The Bertz CT molecular complexity index is 957. The minimum atomic E-state index is -0.382. The van der Waals surface area contributed by atoms with Gasteiger partial charge in [-0.25, -0.2) is 4.68 Å².